The molecule has 0 fully saturated rings. The number of carboxylic acids is 1. The Kier molecular flexibility index (Phi) is 2.17. The number of hydrogen-bond donors (Lipinski definition) is 1. The molecule has 2 rings (SSSR count). The van der Waals surface area contributed by atoms with Crippen molar-refractivity contribution in [1.82, 2.24) is 15.2 Å². The van der Waals surface area contributed by atoms with Gasteiger partial charge in [-0.25, -0.2) is 9.78 Å². The van der Waals surface area contributed by atoms with Crippen LogP contribution in [0, 0.1) is 0 Å². The molecule has 0 aliphatic carbocycles. The molecule has 0 amide bonds. The van der Waals surface area contributed by atoms with Crippen molar-refractivity contribution in [3.05, 3.63) is 24.0 Å². The molecule has 0 radical (unpaired) electrons. The lowest BCUT2D eigenvalue weighted by molar-refractivity contribution is 0.0682. The minimum absolute atomic E-state index is 0.312. The average Bonchev–Trinajstić information content (AvgIpc) is 2.27. The maximum atomic E-state index is 10.6. The lowest BCUT2D eigenvalue weighted by Crippen LogP contribution is -2.05. The van der Waals surface area contributed by atoms with E-state index in [1.54, 1.807) is 18.2 Å². The standard InChI is InChI=1S/C9H7N3O3/c1-15-5-2-3-6-7(4-5)11-12-8(10-6)9(13)14/h2-4H,1H3,(H,13,14). The zero-order chi connectivity index (χ0) is 10.8. The van der Waals surface area contributed by atoms with E-state index in [4.69, 9.17) is 9.84 Å². The van der Waals surface area contributed by atoms with Gasteiger partial charge in [-0.05, 0) is 12.1 Å². The van der Waals surface area contributed by atoms with Gasteiger partial charge in [0.15, 0.2) is 0 Å². The zero-order valence-corrected chi connectivity index (χ0v) is 7.84. The highest BCUT2D eigenvalue weighted by molar-refractivity contribution is 5.85. The van der Waals surface area contributed by atoms with E-state index in [-0.39, 0.29) is 5.82 Å². The number of aromatic carboxylic acids is 1. The third-order valence-corrected chi connectivity index (χ3v) is 1.85. The van der Waals surface area contributed by atoms with Crippen molar-refractivity contribution in [2.75, 3.05) is 7.11 Å². The first-order valence-electron chi connectivity index (χ1n) is 4.12. The second kappa shape index (κ2) is 3.49. The predicted octanol–water partition coefficient (Wildman–Crippen LogP) is 0.732. The Morgan fingerprint density at radius 1 is 1.33 bits per heavy atom. The van der Waals surface area contributed by atoms with Gasteiger partial charge >= 0.3 is 5.97 Å². The van der Waals surface area contributed by atoms with E-state index in [1.807, 2.05) is 0 Å². The molecule has 15 heavy (non-hydrogen) atoms. The summed E-state index contributed by atoms with van der Waals surface area (Å²) in [5, 5.41) is 15.9. The van der Waals surface area contributed by atoms with Crippen LogP contribution in [-0.2, 0) is 0 Å². The van der Waals surface area contributed by atoms with Crippen LogP contribution in [0.5, 0.6) is 5.75 Å². The molecule has 76 valence electrons. The van der Waals surface area contributed by atoms with E-state index >= 15 is 0 Å². The topological polar surface area (TPSA) is 85.2 Å². The number of aromatic nitrogens is 3. The van der Waals surface area contributed by atoms with E-state index in [0.717, 1.165) is 0 Å². The van der Waals surface area contributed by atoms with Crippen LogP contribution in [0.15, 0.2) is 18.2 Å². The number of carbonyl (C=O) groups is 1. The Balaban J connectivity index is 2.59. The van der Waals surface area contributed by atoms with Crippen molar-refractivity contribution < 1.29 is 14.6 Å². The van der Waals surface area contributed by atoms with Gasteiger partial charge < -0.3 is 9.84 Å². The maximum Gasteiger partial charge on any atom is 0.375 e. The summed E-state index contributed by atoms with van der Waals surface area (Å²) in [4.78, 5) is 14.4. The first-order chi connectivity index (χ1) is 7.20. The molecule has 6 heteroatoms. The summed E-state index contributed by atoms with van der Waals surface area (Å²) in [7, 11) is 1.54. The third kappa shape index (κ3) is 1.69. The van der Waals surface area contributed by atoms with Crippen molar-refractivity contribution in [1.29, 1.82) is 0 Å². The first kappa shape index (κ1) is 9.32. The minimum atomic E-state index is -1.19. The highest BCUT2D eigenvalue weighted by atomic mass is 16.5. The van der Waals surface area contributed by atoms with Gasteiger partial charge in [0.25, 0.3) is 5.82 Å². The van der Waals surface area contributed by atoms with Crippen molar-refractivity contribution >= 4 is 17.0 Å². The number of ether oxygens (including phenoxy) is 1. The fraction of sp³-hybridized carbons (Fsp3) is 0.111. The lowest BCUT2D eigenvalue weighted by atomic mass is 10.3. The molecule has 0 saturated heterocycles. The Morgan fingerprint density at radius 2 is 2.13 bits per heavy atom. The molecule has 1 N–H and O–H groups in total. The smallest absolute Gasteiger partial charge is 0.375 e. The molecule has 1 heterocycles. The molecule has 0 spiro atoms. The molecule has 6 nitrogen and oxygen atoms in total. The van der Waals surface area contributed by atoms with Gasteiger partial charge in [0.2, 0.25) is 0 Å². The number of carboxylic acid groups (broad SMARTS) is 1. The maximum absolute atomic E-state index is 10.6. The van der Waals surface area contributed by atoms with Gasteiger partial charge in [0.05, 0.1) is 12.6 Å². The van der Waals surface area contributed by atoms with E-state index in [0.29, 0.717) is 16.8 Å². The molecular formula is C9H7N3O3. The van der Waals surface area contributed by atoms with Gasteiger partial charge in [-0.3, -0.25) is 0 Å². The number of fused-ring (bicyclic) bond motifs is 1. The summed E-state index contributed by atoms with van der Waals surface area (Å²) in [6.07, 6.45) is 0. The van der Waals surface area contributed by atoms with Crippen molar-refractivity contribution in [3.8, 4) is 5.75 Å². The SMILES string of the molecule is COc1ccc2nc(C(=O)O)nnc2c1. The fourth-order valence-corrected chi connectivity index (χ4v) is 1.13. The second-order valence-corrected chi connectivity index (χ2v) is 2.80. The molecule has 2 aromatic rings. The summed E-state index contributed by atoms with van der Waals surface area (Å²) >= 11 is 0. The highest BCUT2D eigenvalue weighted by Crippen LogP contribution is 2.16. The molecular weight excluding hydrogens is 198 g/mol. The van der Waals surface area contributed by atoms with E-state index in [1.165, 1.54) is 7.11 Å². The quantitative estimate of drug-likeness (QED) is 0.777. The monoisotopic (exact) mass is 205 g/mol. The van der Waals surface area contributed by atoms with E-state index in [9.17, 15) is 4.79 Å². The summed E-state index contributed by atoms with van der Waals surface area (Å²) in [5.74, 6) is -0.880. The van der Waals surface area contributed by atoms with Crippen LogP contribution in [0.1, 0.15) is 10.6 Å². The van der Waals surface area contributed by atoms with Crippen LogP contribution in [0.4, 0.5) is 0 Å². The Labute approximate surface area is 84.5 Å². The third-order valence-electron chi connectivity index (χ3n) is 1.85. The molecule has 1 aromatic heterocycles. The first-order valence-corrected chi connectivity index (χ1v) is 4.12. The Hall–Kier alpha value is -2.24. The van der Waals surface area contributed by atoms with Crippen LogP contribution in [0.25, 0.3) is 11.0 Å². The van der Waals surface area contributed by atoms with Gasteiger partial charge in [-0.2, -0.15) is 0 Å². The highest BCUT2D eigenvalue weighted by Gasteiger charge is 2.08. The Morgan fingerprint density at radius 3 is 2.80 bits per heavy atom. The lowest BCUT2D eigenvalue weighted by Gasteiger charge is -2.00. The summed E-state index contributed by atoms with van der Waals surface area (Å²) in [5.41, 5.74) is 0.975. The number of benzene rings is 1. The predicted molar refractivity (Wildman–Crippen MR) is 50.8 cm³/mol. The number of hydrogen-bond acceptors (Lipinski definition) is 5. The van der Waals surface area contributed by atoms with Crippen LogP contribution < -0.4 is 4.74 Å². The molecule has 0 aliphatic rings. The van der Waals surface area contributed by atoms with E-state index < -0.39 is 5.97 Å². The van der Waals surface area contributed by atoms with E-state index in [2.05, 4.69) is 15.2 Å². The van der Waals surface area contributed by atoms with Gasteiger partial charge in [-0.1, -0.05) is 0 Å². The second-order valence-electron chi connectivity index (χ2n) is 2.80. The van der Waals surface area contributed by atoms with Crippen molar-refractivity contribution in [3.63, 3.8) is 0 Å². The Bertz CT molecular complexity index is 527. The normalized spacial score (nSPS) is 10.2. The number of rotatable bonds is 2. The molecule has 0 bridgehead atoms. The van der Waals surface area contributed by atoms with Crippen LogP contribution in [0.2, 0.25) is 0 Å². The molecule has 0 aliphatic heterocycles. The van der Waals surface area contributed by atoms with Crippen LogP contribution in [-0.4, -0.2) is 33.4 Å². The van der Waals surface area contributed by atoms with Gasteiger partial charge in [0, 0.05) is 6.07 Å². The van der Waals surface area contributed by atoms with Gasteiger partial charge in [0.1, 0.15) is 11.3 Å². The molecule has 0 atom stereocenters. The summed E-state index contributed by atoms with van der Waals surface area (Å²) < 4.78 is 4.99. The van der Waals surface area contributed by atoms with Gasteiger partial charge in [-0.15, -0.1) is 10.2 Å². The zero-order valence-electron chi connectivity index (χ0n) is 7.84. The van der Waals surface area contributed by atoms with Crippen LogP contribution >= 0.6 is 0 Å². The average molecular weight is 205 g/mol. The minimum Gasteiger partial charge on any atom is -0.497 e. The summed E-state index contributed by atoms with van der Waals surface area (Å²) in [6.45, 7) is 0. The fourth-order valence-electron chi connectivity index (χ4n) is 1.13. The number of nitrogens with zero attached hydrogens (tertiary/aromatic N) is 3. The van der Waals surface area contributed by atoms with Crippen LogP contribution in [0.3, 0.4) is 0 Å². The molecule has 0 saturated carbocycles. The molecule has 1 aromatic carbocycles. The largest absolute Gasteiger partial charge is 0.497 e. The molecule has 0 unspecified atom stereocenters. The van der Waals surface area contributed by atoms with Crippen molar-refractivity contribution in [2.24, 2.45) is 0 Å². The summed E-state index contributed by atoms with van der Waals surface area (Å²) in [6, 6.07) is 4.96. The van der Waals surface area contributed by atoms with Crippen molar-refractivity contribution in [2.45, 2.75) is 0 Å². The number of methoxy groups -OCH3 is 1.